The predicted molar refractivity (Wildman–Crippen MR) is 82.0 cm³/mol. The fourth-order valence-electron chi connectivity index (χ4n) is 3.88. The van der Waals surface area contributed by atoms with Gasteiger partial charge in [-0.1, -0.05) is 6.07 Å². The molecule has 0 aromatic carbocycles. The van der Waals surface area contributed by atoms with Crippen molar-refractivity contribution in [3.63, 3.8) is 0 Å². The zero-order valence-corrected chi connectivity index (χ0v) is 12.3. The van der Waals surface area contributed by atoms with Crippen molar-refractivity contribution in [3.8, 4) is 6.07 Å². The third-order valence-electron chi connectivity index (χ3n) is 4.96. The smallest absolute Gasteiger partial charge is 0.224 e. The van der Waals surface area contributed by atoms with Crippen LogP contribution in [-0.2, 0) is 11.3 Å². The van der Waals surface area contributed by atoms with E-state index in [-0.39, 0.29) is 17.9 Å². The predicted octanol–water partition coefficient (Wildman–Crippen LogP) is 1.52. The first-order valence-corrected chi connectivity index (χ1v) is 7.78. The summed E-state index contributed by atoms with van der Waals surface area (Å²) in [5, 5.41) is 12.5. The van der Waals surface area contributed by atoms with Crippen molar-refractivity contribution in [1.29, 1.82) is 5.26 Å². The summed E-state index contributed by atoms with van der Waals surface area (Å²) in [7, 11) is 0. The highest BCUT2D eigenvalue weighted by Crippen LogP contribution is 2.30. The molecule has 112 valence electrons. The fraction of sp³-hybridized carbons (Fsp3) is 0.412. The van der Waals surface area contributed by atoms with Crippen LogP contribution in [0.5, 0.6) is 0 Å². The van der Waals surface area contributed by atoms with Crippen LogP contribution in [0.4, 0.5) is 0 Å². The summed E-state index contributed by atoms with van der Waals surface area (Å²) in [6.07, 6.45) is 6.04. The van der Waals surface area contributed by atoms with Gasteiger partial charge in [0.2, 0.25) is 5.91 Å². The van der Waals surface area contributed by atoms with Crippen molar-refractivity contribution in [2.75, 3.05) is 13.1 Å². The molecular weight excluding hydrogens is 276 g/mol. The Balaban J connectivity index is 1.66. The molecule has 4 rings (SSSR count). The number of carbonyl (C=O) groups is 1. The number of aromatic nitrogens is 1. The topological polar surface area (TPSA) is 60.5 Å². The largest absolute Gasteiger partial charge is 0.354 e. The summed E-state index contributed by atoms with van der Waals surface area (Å²) in [6, 6.07) is 8.52. The summed E-state index contributed by atoms with van der Waals surface area (Å²) in [5.74, 6) is 0.313. The molecule has 0 bridgehead atoms. The lowest BCUT2D eigenvalue weighted by Crippen LogP contribution is -2.44. The molecule has 2 aromatic rings. The van der Waals surface area contributed by atoms with E-state index in [1.165, 1.54) is 0 Å². The second kappa shape index (κ2) is 5.15. The molecular formula is C17H18N4O. The van der Waals surface area contributed by atoms with Crippen LogP contribution < -0.4 is 5.32 Å². The Bertz CT molecular complexity index is 773. The monoisotopic (exact) mass is 294 g/mol. The molecule has 2 atom stereocenters. The van der Waals surface area contributed by atoms with Gasteiger partial charge < -0.3 is 9.72 Å². The normalized spacial score (nSPS) is 25.0. The van der Waals surface area contributed by atoms with Crippen LogP contribution >= 0.6 is 0 Å². The number of likely N-dealkylation sites (tertiary alicyclic amines) is 1. The van der Waals surface area contributed by atoms with Crippen LogP contribution in [0.25, 0.3) is 5.52 Å². The number of amides is 1. The van der Waals surface area contributed by atoms with E-state index in [0.717, 1.165) is 49.1 Å². The van der Waals surface area contributed by atoms with E-state index in [2.05, 4.69) is 16.3 Å². The number of pyridine rings is 1. The van der Waals surface area contributed by atoms with Gasteiger partial charge in [0.15, 0.2) is 0 Å². The first-order chi connectivity index (χ1) is 10.8. The molecule has 2 fully saturated rings. The standard InChI is InChI=1S/C17H18N4O/c18-8-14-12(10-20-6-2-1-5-15(14)20)11-21-7-3-4-13-16(21)9-19-17(13)22/h1-2,5-6,10,13,16H,3-4,7,9,11H2,(H,19,22)/t13-,16-/m1/s1. The van der Waals surface area contributed by atoms with Crippen LogP contribution in [0, 0.1) is 17.2 Å². The molecule has 1 N–H and O–H groups in total. The molecule has 2 aliphatic rings. The van der Waals surface area contributed by atoms with E-state index in [4.69, 9.17) is 0 Å². The minimum Gasteiger partial charge on any atom is -0.354 e. The van der Waals surface area contributed by atoms with Crippen molar-refractivity contribution in [2.45, 2.75) is 25.4 Å². The molecule has 1 amide bonds. The zero-order valence-electron chi connectivity index (χ0n) is 12.3. The van der Waals surface area contributed by atoms with Gasteiger partial charge in [-0.3, -0.25) is 9.69 Å². The number of fused-ring (bicyclic) bond motifs is 2. The van der Waals surface area contributed by atoms with E-state index < -0.39 is 0 Å². The van der Waals surface area contributed by atoms with Crippen LogP contribution in [0.15, 0.2) is 30.6 Å². The van der Waals surface area contributed by atoms with Crippen LogP contribution in [0.2, 0.25) is 0 Å². The minimum absolute atomic E-state index is 0.122. The van der Waals surface area contributed by atoms with Gasteiger partial charge in [0.05, 0.1) is 17.0 Å². The Morgan fingerprint density at radius 3 is 3.18 bits per heavy atom. The highest BCUT2D eigenvalue weighted by atomic mass is 16.2. The van der Waals surface area contributed by atoms with Gasteiger partial charge in [0, 0.05) is 37.1 Å². The fourth-order valence-corrected chi connectivity index (χ4v) is 3.88. The van der Waals surface area contributed by atoms with Gasteiger partial charge in [-0.2, -0.15) is 5.26 Å². The molecule has 0 radical (unpaired) electrons. The molecule has 0 spiro atoms. The maximum atomic E-state index is 11.9. The second-order valence-electron chi connectivity index (χ2n) is 6.17. The highest BCUT2D eigenvalue weighted by Gasteiger charge is 2.40. The number of nitrogens with zero attached hydrogens (tertiary/aromatic N) is 3. The Morgan fingerprint density at radius 1 is 1.41 bits per heavy atom. The van der Waals surface area contributed by atoms with E-state index in [9.17, 15) is 10.1 Å². The number of piperidine rings is 1. The van der Waals surface area contributed by atoms with Gasteiger partial charge in [0.1, 0.15) is 6.07 Å². The second-order valence-corrected chi connectivity index (χ2v) is 6.17. The molecule has 5 heteroatoms. The van der Waals surface area contributed by atoms with E-state index >= 15 is 0 Å². The summed E-state index contributed by atoms with van der Waals surface area (Å²) in [4.78, 5) is 14.2. The first-order valence-electron chi connectivity index (χ1n) is 7.78. The zero-order chi connectivity index (χ0) is 15.1. The molecule has 0 unspecified atom stereocenters. The average Bonchev–Trinajstić information content (AvgIpc) is 3.08. The van der Waals surface area contributed by atoms with Crippen molar-refractivity contribution >= 4 is 11.4 Å². The van der Waals surface area contributed by atoms with Crippen molar-refractivity contribution in [3.05, 3.63) is 41.7 Å². The Kier molecular flexibility index (Phi) is 3.12. The van der Waals surface area contributed by atoms with Gasteiger partial charge in [-0.15, -0.1) is 0 Å². The summed E-state index contributed by atoms with van der Waals surface area (Å²) >= 11 is 0. The molecule has 2 aliphatic heterocycles. The molecule has 5 nitrogen and oxygen atoms in total. The van der Waals surface area contributed by atoms with Gasteiger partial charge in [0.25, 0.3) is 0 Å². The molecule has 22 heavy (non-hydrogen) atoms. The number of hydrogen-bond donors (Lipinski definition) is 1. The minimum atomic E-state index is 0.122. The Labute approximate surface area is 129 Å². The molecule has 0 saturated carbocycles. The Morgan fingerprint density at radius 2 is 2.32 bits per heavy atom. The molecule has 2 aromatic heterocycles. The van der Waals surface area contributed by atoms with Crippen molar-refractivity contribution in [2.24, 2.45) is 5.92 Å². The lowest BCUT2D eigenvalue weighted by Gasteiger charge is -2.35. The number of nitrogens with one attached hydrogen (secondary N) is 1. The summed E-state index contributed by atoms with van der Waals surface area (Å²) in [6.45, 7) is 2.46. The average molecular weight is 294 g/mol. The van der Waals surface area contributed by atoms with Crippen molar-refractivity contribution in [1.82, 2.24) is 14.6 Å². The SMILES string of the molecule is N#Cc1c(CN2CCC[C@H]3C(=O)NC[C@H]32)cn2ccccc12. The number of hydrogen-bond acceptors (Lipinski definition) is 3. The van der Waals surface area contributed by atoms with E-state index in [0.29, 0.717) is 0 Å². The van der Waals surface area contributed by atoms with Crippen LogP contribution in [-0.4, -0.2) is 34.3 Å². The van der Waals surface area contributed by atoms with Gasteiger partial charge in [-0.05, 0) is 31.5 Å². The van der Waals surface area contributed by atoms with Crippen molar-refractivity contribution < 1.29 is 4.79 Å². The van der Waals surface area contributed by atoms with Gasteiger partial charge >= 0.3 is 0 Å². The number of nitriles is 1. The summed E-state index contributed by atoms with van der Waals surface area (Å²) in [5.41, 5.74) is 2.75. The molecule has 2 saturated heterocycles. The van der Waals surface area contributed by atoms with Crippen LogP contribution in [0.1, 0.15) is 24.0 Å². The number of carbonyl (C=O) groups excluding carboxylic acids is 1. The maximum Gasteiger partial charge on any atom is 0.224 e. The highest BCUT2D eigenvalue weighted by molar-refractivity contribution is 5.82. The summed E-state index contributed by atoms with van der Waals surface area (Å²) < 4.78 is 2.01. The van der Waals surface area contributed by atoms with E-state index in [1.54, 1.807) is 0 Å². The van der Waals surface area contributed by atoms with Crippen LogP contribution in [0.3, 0.4) is 0 Å². The third kappa shape index (κ3) is 1.99. The quantitative estimate of drug-likeness (QED) is 0.913. The first kappa shape index (κ1) is 13.4. The van der Waals surface area contributed by atoms with E-state index in [1.807, 2.05) is 35.0 Å². The lowest BCUT2D eigenvalue weighted by atomic mass is 9.91. The lowest BCUT2D eigenvalue weighted by molar-refractivity contribution is -0.124. The number of rotatable bonds is 2. The maximum absolute atomic E-state index is 11.9. The molecule has 4 heterocycles. The molecule has 0 aliphatic carbocycles. The third-order valence-corrected chi connectivity index (χ3v) is 4.96. The van der Waals surface area contributed by atoms with Gasteiger partial charge in [-0.25, -0.2) is 0 Å². The Hall–Kier alpha value is -2.32.